The number of rotatable bonds is 5. The van der Waals surface area contributed by atoms with Gasteiger partial charge in [0.25, 0.3) is 5.91 Å². The van der Waals surface area contributed by atoms with Crippen LogP contribution < -0.4 is 20.1 Å². The summed E-state index contributed by atoms with van der Waals surface area (Å²) in [6, 6.07) is 12.2. The van der Waals surface area contributed by atoms with E-state index in [4.69, 9.17) is 9.47 Å². The average molecular weight is 520 g/mol. The summed E-state index contributed by atoms with van der Waals surface area (Å²) in [5.74, 6) is 0.878. The molecule has 2 aromatic carbocycles. The molecule has 0 saturated carbocycles. The predicted octanol–water partition coefficient (Wildman–Crippen LogP) is 6.55. The zero-order valence-corrected chi connectivity index (χ0v) is 21.9. The largest absolute Gasteiger partial charge is 0.495 e. The van der Waals surface area contributed by atoms with E-state index in [0.29, 0.717) is 11.4 Å². The number of nitrogens with one attached hydrogen (secondary N) is 2. The summed E-state index contributed by atoms with van der Waals surface area (Å²) < 4.78 is 47.8. The maximum absolute atomic E-state index is 12.4. The summed E-state index contributed by atoms with van der Waals surface area (Å²) in [4.78, 5) is 26.3. The lowest BCUT2D eigenvalue weighted by Gasteiger charge is -2.12. The minimum atomic E-state index is -4.44. The van der Waals surface area contributed by atoms with Crippen molar-refractivity contribution in [2.24, 2.45) is 0 Å². The molecule has 0 unspecified atom stereocenters. The SMILES string of the molecule is CC.CNC(=O)c1cc(Oc2cc(C)ccc2C)ccn1.COc1ccc(C(F)(F)F)cc1NC(C)=O. The number of nitrogens with zero attached hydrogens (tertiary/aromatic N) is 1. The fourth-order valence-corrected chi connectivity index (χ4v) is 2.84. The number of ether oxygens (including phenoxy) is 2. The second kappa shape index (κ2) is 14.5. The molecule has 37 heavy (non-hydrogen) atoms. The first-order valence-corrected chi connectivity index (χ1v) is 11.4. The minimum Gasteiger partial charge on any atom is -0.495 e. The first kappa shape index (κ1) is 31.0. The van der Waals surface area contributed by atoms with E-state index in [-0.39, 0.29) is 17.3 Å². The number of methoxy groups -OCH3 is 1. The number of benzene rings is 2. The number of carbonyl (C=O) groups excluding carboxylic acids is 2. The van der Waals surface area contributed by atoms with Crippen LogP contribution in [0.2, 0.25) is 0 Å². The van der Waals surface area contributed by atoms with Gasteiger partial charge < -0.3 is 20.1 Å². The molecule has 0 radical (unpaired) electrons. The van der Waals surface area contributed by atoms with E-state index >= 15 is 0 Å². The molecule has 3 rings (SSSR count). The van der Waals surface area contributed by atoms with Crippen molar-refractivity contribution in [1.29, 1.82) is 0 Å². The van der Waals surface area contributed by atoms with Crippen LogP contribution in [0.25, 0.3) is 0 Å². The molecule has 0 fully saturated rings. The number of halogens is 3. The molecule has 0 bridgehead atoms. The highest BCUT2D eigenvalue weighted by molar-refractivity contribution is 5.92. The van der Waals surface area contributed by atoms with Gasteiger partial charge in [0.2, 0.25) is 5.91 Å². The summed E-state index contributed by atoms with van der Waals surface area (Å²) in [6.45, 7) is 9.20. The number of hydrogen-bond acceptors (Lipinski definition) is 5. The maximum atomic E-state index is 12.4. The third-order valence-corrected chi connectivity index (χ3v) is 4.60. The number of alkyl halides is 3. The Hall–Kier alpha value is -4.08. The molecular weight excluding hydrogens is 487 g/mol. The molecule has 200 valence electrons. The quantitative estimate of drug-likeness (QED) is 0.399. The Morgan fingerprint density at radius 1 is 0.946 bits per heavy atom. The highest BCUT2D eigenvalue weighted by Crippen LogP contribution is 2.34. The van der Waals surface area contributed by atoms with Gasteiger partial charge in [-0.05, 0) is 55.3 Å². The second-order valence-corrected chi connectivity index (χ2v) is 7.42. The van der Waals surface area contributed by atoms with Crippen molar-refractivity contribution < 1.29 is 32.2 Å². The number of aryl methyl sites for hydroxylation is 2. The van der Waals surface area contributed by atoms with Crippen LogP contribution in [0.1, 0.15) is 48.0 Å². The molecule has 10 heteroatoms. The Labute approximate surface area is 215 Å². The number of aromatic nitrogens is 1. The molecule has 1 heterocycles. The zero-order valence-electron chi connectivity index (χ0n) is 21.9. The van der Waals surface area contributed by atoms with Crippen LogP contribution in [0.3, 0.4) is 0 Å². The van der Waals surface area contributed by atoms with Crippen molar-refractivity contribution >= 4 is 17.5 Å². The molecule has 0 aliphatic heterocycles. The number of anilines is 1. The van der Waals surface area contributed by atoms with Gasteiger partial charge >= 0.3 is 6.18 Å². The molecule has 0 atom stereocenters. The van der Waals surface area contributed by atoms with Crippen molar-refractivity contribution in [1.82, 2.24) is 10.3 Å². The summed E-state index contributed by atoms with van der Waals surface area (Å²) >= 11 is 0. The Kier molecular flexibility index (Phi) is 12.1. The van der Waals surface area contributed by atoms with Crippen molar-refractivity contribution in [2.75, 3.05) is 19.5 Å². The molecular formula is C27H32F3N3O4. The second-order valence-electron chi connectivity index (χ2n) is 7.42. The first-order chi connectivity index (χ1) is 17.4. The van der Waals surface area contributed by atoms with E-state index in [9.17, 15) is 22.8 Å². The van der Waals surface area contributed by atoms with Crippen LogP contribution in [-0.2, 0) is 11.0 Å². The lowest BCUT2D eigenvalue weighted by Crippen LogP contribution is -2.18. The molecule has 3 aromatic rings. The zero-order chi connectivity index (χ0) is 28.2. The predicted molar refractivity (Wildman–Crippen MR) is 137 cm³/mol. The van der Waals surface area contributed by atoms with Gasteiger partial charge in [0.15, 0.2) is 0 Å². The fourth-order valence-electron chi connectivity index (χ4n) is 2.84. The lowest BCUT2D eigenvalue weighted by molar-refractivity contribution is -0.137. The summed E-state index contributed by atoms with van der Waals surface area (Å²) in [5.41, 5.74) is 1.68. The Morgan fingerprint density at radius 2 is 1.62 bits per heavy atom. The molecule has 2 N–H and O–H groups in total. The van der Waals surface area contributed by atoms with E-state index in [1.165, 1.54) is 14.0 Å². The normalized spacial score (nSPS) is 10.1. The van der Waals surface area contributed by atoms with E-state index < -0.39 is 17.6 Å². The minimum absolute atomic E-state index is 0.00447. The van der Waals surface area contributed by atoms with Crippen LogP contribution in [0, 0.1) is 13.8 Å². The standard InChI is InChI=1S/C15H16N2O2.C10H10F3NO2.C2H6/c1-10-4-5-11(2)14(8-10)19-12-6-7-17-13(9-12)15(18)16-3;1-6(15)14-8-5-7(10(11,12)13)3-4-9(8)16-2;1-2/h4-9H,1-3H3,(H,16,18);3-5H,1-2H3,(H,14,15);1-2H3. The van der Waals surface area contributed by atoms with Gasteiger partial charge in [0.05, 0.1) is 18.4 Å². The van der Waals surface area contributed by atoms with Gasteiger partial charge in [0, 0.05) is 26.2 Å². The number of carbonyl (C=O) groups is 2. The van der Waals surface area contributed by atoms with Crippen molar-refractivity contribution in [3.05, 3.63) is 77.1 Å². The molecule has 0 saturated heterocycles. The van der Waals surface area contributed by atoms with E-state index in [1.54, 1.807) is 25.4 Å². The highest BCUT2D eigenvalue weighted by atomic mass is 19.4. The number of pyridine rings is 1. The Bertz CT molecular complexity index is 1200. The van der Waals surface area contributed by atoms with Crippen LogP contribution in [-0.4, -0.2) is 31.0 Å². The number of amides is 2. The fraction of sp³-hybridized carbons (Fsp3) is 0.296. The number of hydrogen-bond donors (Lipinski definition) is 2. The molecule has 0 spiro atoms. The van der Waals surface area contributed by atoms with Gasteiger partial charge in [0.1, 0.15) is 22.9 Å². The third kappa shape index (κ3) is 9.83. The molecule has 7 nitrogen and oxygen atoms in total. The summed E-state index contributed by atoms with van der Waals surface area (Å²) in [6.07, 6.45) is -2.88. The molecule has 0 aliphatic carbocycles. The smallest absolute Gasteiger partial charge is 0.416 e. The van der Waals surface area contributed by atoms with Crippen LogP contribution in [0.4, 0.5) is 18.9 Å². The first-order valence-electron chi connectivity index (χ1n) is 11.4. The highest BCUT2D eigenvalue weighted by Gasteiger charge is 2.31. The van der Waals surface area contributed by atoms with Crippen molar-refractivity contribution in [2.45, 2.75) is 40.8 Å². The van der Waals surface area contributed by atoms with Crippen molar-refractivity contribution in [3.8, 4) is 17.2 Å². The Balaban J connectivity index is 0.000000352. The van der Waals surface area contributed by atoms with Crippen LogP contribution in [0.15, 0.2) is 54.7 Å². The third-order valence-electron chi connectivity index (χ3n) is 4.60. The van der Waals surface area contributed by atoms with E-state index in [2.05, 4.69) is 15.6 Å². The average Bonchev–Trinajstić information content (AvgIpc) is 2.86. The van der Waals surface area contributed by atoms with Gasteiger partial charge in [-0.1, -0.05) is 26.0 Å². The van der Waals surface area contributed by atoms with Gasteiger partial charge in [-0.2, -0.15) is 13.2 Å². The molecule has 0 aliphatic rings. The van der Waals surface area contributed by atoms with Crippen LogP contribution >= 0.6 is 0 Å². The van der Waals surface area contributed by atoms with E-state index in [1.807, 2.05) is 45.9 Å². The van der Waals surface area contributed by atoms with Gasteiger partial charge in [-0.3, -0.25) is 14.6 Å². The summed E-state index contributed by atoms with van der Waals surface area (Å²) in [5, 5.41) is 4.81. The van der Waals surface area contributed by atoms with Crippen molar-refractivity contribution in [3.63, 3.8) is 0 Å². The maximum Gasteiger partial charge on any atom is 0.416 e. The monoisotopic (exact) mass is 519 g/mol. The summed E-state index contributed by atoms with van der Waals surface area (Å²) in [7, 11) is 2.89. The van der Waals surface area contributed by atoms with Gasteiger partial charge in [-0.25, -0.2) is 0 Å². The van der Waals surface area contributed by atoms with E-state index in [0.717, 1.165) is 35.1 Å². The lowest BCUT2D eigenvalue weighted by atomic mass is 10.1. The Morgan fingerprint density at radius 3 is 2.19 bits per heavy atom. The molecule has 2 amide bonds. The van der Waals surface area contributed by atoms with Gasteiger partial charge in [-0.15, -0.1) is 0 Å². The topological polar surface area (TPSA) is 89.6 Å². The molecule has 1 aromatic heterocycles. The van der Waals surface area contributed by atoms with Crippen LogP contribution in [0.5, 0.6) is 17.2 Å².